The average molecular weight is 669 g/mol. The minimum Gasteiger partial charge on any atom is -0.508 e. The SMILES string of the molecule is C#Cc1c(F)ccc2cc(O)cc(-c3cc4nc(OC[C@@]56CCCN5C[C@H](F)C6)nc(N5CC6CCC(C5)N6)c4c(=O)n3CC3COC3)c12. The van der Waals surface area contributed by atoms with Crippen LogP contribution in [0.2, 0.25) is 0 Å². The number of benzene rings is 2. The van der Waals surface area contributed by atoms with E-state index < -0.39 is 17.5 Å². The second-order valence-electron chi connectivity index (χ2n) is 14.5. The largest absolute Gasteiger partial charge is 0.508 e. The highest BCUT2D eigenvalue weighted by Crippen LogP contribution is 2.41. The molecule has 0 saturated carbocycles. The standard InChI is InChI=1S/C37H38F2N6O4/c1-2-27-29(39)7-4-22-10-26(46)11-28(32(22)27)31-12-30-33(35(47)45(31)14-21-18-48-19-21)34(43-16-24-5-6-25(17-43)40-24)42-36(41-30)49-20-37-8-3-9-44(37)15-23(38)13-37/h1,4,7,10-12,21,23-25,40,46H,3,5-6,8-9,13-20H2/t23-,24?,25?,37+/m1/s1. The van der Waals surface area contributed by atoms with Crippen molar-refractivity contribution in [2.45, 2.75) is 62.4 Å². The van der Waals surface area contributed by atoms with Crippen LogP contribution in [0.25, 0.3) is 32.9 Å². The second kappa shape index (κ2) is 11.6. The molecule has 0 radical (unpaired) electrons. The number of phenolic OH excluding ortho intramolecular Hbond substituents is 1. The van der Waals surface area contributed by atoms with Crippen LogP contribution in [0.5, 0.6) is 11.8 Å². The van der Waals surface area contributed by atoms with Crippen LogP contribution in [0, 0.1) is 24.1 Å². The number of alkyl halides is 1. The maximum Gasteiger partial charge on any atom is 0.319 e. The first-order valence-corrected chi connectivity index (χ1v) is 17.3. The van der Waals surface area contributed by atoms with Crippen molar-refractivity contribution in [3.63, 3.8) is 0 Å². The Morgan fingerprint density at radius 1 is 1.12 bits per heavy atom. The third-order valence-electron chi connectivity index (χ3n) is 11.3. The Morgan fingerprint density at radius 2 is 1.94 bits per heavy atom. The number of nitrogens with zero attached hydrogens (tertiary/aromatic N) is 5. The van der Waals surface area contributed by atoms with E-state index in [1.807, 2.05) is 0 Å². The number of piperazine rings is 1. The molecule has 5 fully saturated rings. The third kappa shape index (κ3) is 5.13. The number of rotatable bonds is 7. The molecule has 4 atom stereocenters. The summed E-state index contributed by atoms with van der Waals surface area (Å²) in [6.07, 6.45) is 9.27. The van der Waals surface area contributed by atoms with Gasteiger partial charge in [0.15, 0.2) is 0 Å². The fourth-order valence-corrected chi connectivity index (χ4v) is 8.94. The van der Waals surface area contributed by atoms with E-state index in [2.05, 4.69) is 21.0 Å². The molecule has 0 amide bonds. The van der Waals surface area contributed by atoms with Gasteiger partial charge >= 0.3 is 6.01 Å². The second-order valence-corrected chi connectivity index (χ2v) is 14.5. The number of anilines is 1. The number of aromatic hydroxyl groups is 1. The number of ether oxygens (including phenoxy) is 2. The fourth-order valence-electron chi connectivity index (χ4n) is 8.94. The maximum absolute atomic E-state index is 15.2. The molecule has 7 heterocycles. The summed E-state index contributed by atoms with van der Waals surface area (Å²) < 4.78 is 43.3. The molecule has 10 nitrogen and oxygen atoms in total. The molecule has 2 aromatic carbocycles. The Labute approximate surface area is 282 Å². The highest BCUT2D eigenvalue weighted by Gasteiger charge is 2.49. The van der Waals surface area contributed by atoms with Crippen molar-refractivity contribution in [1.29, 1.82) is 0 Å². The van der Waals surface area contributed by atoms with Crippen LogP contribution in [-0.2, 0) is 11.3 Å². The van der Waals surface area contributed by atoms with Crippen LogP contribution in [0.1, 0.15) is 37.7 Å². The quantitative estimate of drug-likeness (QED) is 0.283. The third-order valence-corrected chi connectivity index (χ3v) is 11.3. The monoisotopic (exact) mass is 668 g/mol. The number of halogens is 2. The number of pyridine rings is 1. The minimum atomic E-state index is -0.898. The van der Waals surface area contributed by atoms with E-state index in [0.29, 0.717) is 84.6 Å². The molecular formula is C37H38F2N6O4. The van der Waals surface area contributed by atoms with Gasteiger partial charge in [-0.15, -0.1) is 6.42 Å². The lowest BCUT2D eigenvalue weighted by Crippen LogP contribution is -2.51. The Morgan fingerprint density at radius 3 is 2.69 bits per heavy atom. The van der Waals surface area contributed by atoms with Gasteiger partial charge in [0.1, 0.15) is 35.5 Å². The Bertz CT molecular complexity index is 2080. The molecular weight excluding hydrogens is 630 g/mol. The van der Waals surface area contributed by atoms with E-state index in [4.69, 9.17) is 25.9 Å². The Kier molecular flexibility index (Phi) is 7.30. The molecule has 2 aromatic heterocycles. The van der Waals surface area contributed by atoms with E-state index in [0.717, 1.165) is 32.2 Å². The van der Waals surface area contributed by atoms with Crippen LogP contribution in [-0.4, -0.2) is 94.3 Å². The lowest BCUT2D eigenvalue weighted by Gasteiger charge is -2.35. The zero-order valence-electron chi connectivity index (χ0n) is 27.1. The summed E-state index contributed by atoms with van der Waals surface area (Å²) in [6.45, 7) is 4.21. The van der Waals surface area contributed by atoms with Gasteiger partial charge in [0.05, 0.1) is 35.5 Å². The molecule has 4 aromatic rings. The maximum atomic E-state index is 15.2. The van der Waals surface area contributed by atoms with Crippen LogP contribution >= 0.6 is 0 Å². The van der Waals surface area contributed by atoms with Gasteiger partial charge in [-0.25, -0.2) is 8.78 Å². The predicted octanol–water partition coefficient (Wildman–Crippen LogP) is 3.98. The number of aromatic nitrogens is 3. The number of terminal acetylenes is 1. The van der Waals surface area contributed by atoms with Crippen molar-refractivity contribution in [2.75, 3.05) is 50.9 Å². The van der Waals surface area contributed by atoms with Gasteiger partial charge in [0.2, 0.25) is 0 Å². The van der Waals surface area contributed by atoms with Crippen LogP contribution in [0.15, 0.2) is 35.1 Å². The normalized spacial score (nSPS) is 26.7. The first kappa shape index (κ1) is 30.7. The summed E-state index contributed by atoms with van der Waals surface area (Å²) in [5, 5.41) is 15.8. The van der Waals surface area contributed by atoms with Crippen molar-refractivity contribution in [2.24, 2.45) is 5.92 Å². The topological polar surface area (TPSA) is 105 Å². The van der Waals surface area contributed by atoms with Gasteiger partial charge in [0.25, 0.3) is 5.56 Å². The molecule has 5 aliphatic heterocycles. The smallest absolute Gasteiger partial charge is 0.319 e. The van der Waals surface area contributed by atoms with E-state index in [-0.39, 0.29) is 47.5 Å². The van der Waals surface area contributed by atoms with E-state index in [1.54, 1.807) is 16.7 Å². The molecule has 0 spiro atoms. The summed E-state index contributed by atoms with van der Waals surface area (Å²) in [6, 6.07) is 8.40. The molecule has 12 heteroatoms. The van der Waals surface area contributed by atoms with Crippen molar-refractivity contribution >= 4 is 27.5 Å². The summed E-state index contributed by atoms with van der Waals surface area (Å²) in [5.41, 5.74) is 0.591. The molecule has 2 N–H and O–H groups in total. The highest BCUT2D eigenvalue weighted by molar-refractivity contribution is 6.03. The number of nitrogens with one attached hydrogen (secondary N) is 1. The summed E-state index contributed by atoms with van der Waals surface area (Å²) in [5.74, 6) is 2.47. The average Bonchev–Trinajstić information content (AvgIpc) is 3.71. The van der Waals surface area contributed by atoms with Gasteiger partial charge in [-0.3, -0.25) is 9.69 Å². The molecule has 2 unspecified atom stereocenters. The van der Waals surface area contributed by atoms with E-state index in [1.165, 1.54) is 18.2 Å². The summed E-state index contributed by atoms with van der Waals surface area (Å²) in [7, 11) is 0. The predicted molar refractivity (Wildman–Crippen MR) is 181 cm³/mol. The molecule has 49 heavy (non-hydrogen) atoms. The fraction of sp³-hybridized carbons (Fsp3) is 0.486. The summed E-state index contributed by atoms with van der Waals surface area (Å²) >= 11 is 0. The minimum absolute atomic E-state index is 0.0463. The van der Waals surface area contributed by atoms with E-state index >= 15 is 4.39 Å². The van der Waals surface area contributed by atoms with Gasteiger partial charge in [-0.05, 0) is 61.9 Å². The lowest BCUT2D eigenvalue weighted by molar-refractivity contribution is -0.0395. The van der Waals surface area contributed by atoms with E-state index in [9.17, 15) is 14.3 Å². The van der Waals surface area contributed by atoms with Crippen molar-refractivity contribution in [3.8, 4) is 35.4 Å². The van der Waals surface area contributed by atoms with Crippen molar-refractivity contribution < 1.29 is 23.4 Å². The van der Waals surface area contributed by atoms with Crippen LogP contribution < -0.4 is 20.5 Å². The van der Waals surface area contributed by atoms with Crippen molar-refractivity contribution in [3.05, 3.63) is 52.1 Å². The first-order valence-electron chi connectivity index (χ1n) is 17.3. The van der Waals surface area contributed by atoms with Crippen LogP contribution in [0.3, 0.4) is 0 Å². The van der Waals surface area contributed by atoms with Crippen LogP contribution in [0.4, 0.5) is 14.6 Å². The number of hydrogen-bond donors (Lipinski definition) is 2. The molecule has 5 aliphatic rings. The van der Waals surface area contributed by atoms with Gasteiger partial charge < -0.3 is 29.4 Å². The van der Waals surface area contributed by atoms with Gasteiger partial charge in [-0.1, -0.05) is 12.0 Å². The number of phenols is 1. The zero-order chi connectivity index (χ0) is 33.4. The Hall–Kier alpha value is -4.31. The highest BCUT2D eigenvalue weighted by atomic mass is 19.1. The molecule has 5 saturated heterocycles. The molecule has 9 rings (SSSR count). The van der Waals surface area contributed by atoms with Gasteiger partial charge in [-0.2, -0.15) is 9.97 Å². The molecule has 2 bridgehead atoms. The Balaban J connectivity index is 1.25. The van der Waals surface area contributed by atoms with Crippen molar-refractivity contribution in [1.82, 2.24) is 24.8 Å². The zero-order valence-corrected chi connectivity index (χ0v) is 27.1. The first-order chi connectivity index (χ1) is 23.8. The number of hydrogen-bond acceptors (Lipinski definition) is 9. The molecule has 0 aliphatic carbocycles. The number of fused-ring (bicyclic) bond motifs is 5. The summed E-state index contributed by atoms with van der Waals surface area (Å²) in [4.78, 5) is 29.0. The lowest BCUT2D eigenvalue weighted by atomic mass is 9.95. The van der Waals surface area contributed by atoms with Gasteiger partial charge in [0, 0.05) is 61.6 Å². The molecule has 254 valence electrons.